The minimum absolute atomic E-state index is 0.697. The maximum absolute atomic E-state index is 6.29. The van der Waals surface area contributed by atoms with Crippen molar-refractivity contribution >= 4 is 5.82 Å². The zero-order valence-electron chi connectivity index (χ0n) is 12.6. The van der Waals surface area contributed by atoms with Crippen LogP contribution in [0.5, 0.6) is 0 Å². The second-order valence-corrected chi connectivity index (χ2v) is 5.34. The van der Waals surface area contributed by atoms with Crippen LogP contribution in [0.4, 0.5) is 5.82 Å². The van der Waals surface area contributed by atoms with E-state index in [1.54, 1.807) is 0 Å². The molecular formula is C18H19N3. The van der Waals surface area contributed by atoms with Crippen LogP contribution >= 0.6 is 0 Å². The van der Waals surface area contributed by atoms with Crippen molar-refractivity contribution in [2.75, 3.05) is 5.73 Å². The van der Waals surface area contributed by atoms with Gasteiger partial charge in [0.25, 0.3) is 0 Å². The molecule has 3 nitrogen and oxygen atoms in total. The lowest BCUT2D eigenvalue weighted by Crippen LogP contribution is -1.99. The Bertz CT molecular complexity index is 786. The maximum Gasteiger partial charge on any atom is 0.142 e. The standard InChI is InChI=1S/C18H19N3/c1-12-8-7-11-15(13(12)2)16-17(19)21(3)18(20-16)14-9-5-4-6-10-14/h4-11H,19H2,1-3H3. The Labute approximate surface area is 125 Å². The first-order valence-corrected chi connectivity index (χ1v) is 7.04. The summed E-state index contributed by atoms with van der Waals surface area (Å²) < 4.78 is 1.95. The van der Waals surface area contributed by atoms with Gasteiger partial charge in [-0.1, -0.05) is 48.5 Å². The summed E-state index contributed by atoms with van der Waals surface area (Å²) in [5, 5.41) is 0. The number of aryl methyl sites for hydroxylation is 1. The first kappa shape index (κ1) is 13.4. The molecule has 3 rings (SSSR count). The van der Waals surface area contributed by atoms with Gasteiger partial charge in [-0.25, -0.2) is 4.98 Å². The summed E-state index contributed by atoms with van der Waals surface area (Å²) >= 11 is 0. The molecule has 1 heterocycles. The number of benzene rings is 2. The Kier molecular flexibility index (Phi) is 3.26. The van der Waals surface area contributed by atoms with Crippen LogP contribution in [0.1, 0.15) is 11.1 Å². The van der Waals surface area contributed by atoms with Crippen LogP contribution in [0.2, 0.25) is 0 Å². The Balaban J connectivity index is 2.20. The predicted octanol–water partition coefficient (Wildman–Crippen LogP) is 3.95. The van der Waals surface area contributed by atoms with E-state index in [-0.39, 0.29) is 0 Å². The van der Waals surface area contributed by atoms with Crippen molar-refractivity contribution in [3.8, 4) is 22.6 Å². The van der Waals surface area contributed by atoms with Crippen LogP contribution in [0, 0.1) is 13.8 Å². The van der Waals surface area contributed by atoms with E-state index >= 15 is 0 Å². The molecule has 106 valence electrons. The van der Waals surface area contributed by atoms with Gasteiger partial charge in [0.1, 0.15) is 17.3 Å². The van der Waals surface area contributed by atoms with Crippen LogP contribution in [0.15, 0.2) is 48.5 Å². The molecule has 0 saturated carbocycles. The fourth-order valence-electron chi connectivity index (χ4n) is 2.56. The second-order valence-electron chi connectivity index (χ2n) is 5.34. The number of hydrogen-bond donors (Lipinski definition) is 1. The van der Waals surface area contributed by atoms with Gasteiger partial charge in [-0.3, -0.25) is 0 Å². The van der Waals surface area contributed by atoms with Crippen LogP contribution in [0.25, 0.3) is 22.6 Å². The number of nitrogens with two attached hydrogens (primary N) is 1. The van der Waals surface area contributed by atoms with Crippen molar-refractivity contribution in [3.63, 3.8) is 0 Å². The highest BCUT2D eigenvalue weighted by Gasteiger charge is 2.16. The van der Waals surface area contributed by atoms with Gasteiger partial charge < -0.3 is 10.3 Å². The van der Waals surface area contributed by atoms with Gasteiger partial charge in [-0.05, 0) is 25.0 Å². The van der Waals surface area contributed by atoms with Gasteiger partial charge in [0.2, 0.25) is 0 Å². The van der Waals surface area contributed by atoms with Gasteiger partial charge in [-0.2, -0.15) is 0 Å². The average Bonchev–Trinajstić information content (AvgIpc) is 2.79. The zero-order valence-corrected chi connectivity index (χ0v) is 12.6. The number of imidazole rings is 1. The van der Waals surface area contributed by atoms with Crippen molar-refractivity contribution in [1.82, 2.24) is 9.55 Å². The highest BCUT2D eigenvalue weighted by atomic mass is 15.1. The molecule has 0 aliphatic carbocycles. The third kappa shape index (κ3) is 2.21. The molecule has 0 radical (unpaired) electrons. The number of hydrogen-bond acceptors (Lipinski definition) is 2. The van der Waals surface area contributed by atoms with E-state index in [2.05, 4.69) is 38.1 Å². The molecule has 0 saturated heterocycles. The van der Waals surface area contributed by atoms with Crippen molar-refractivity contribution in [2.45, 2.75) is 13.8 Å². The first-order chi connectivity index (χ1) is 10.1. The Hall–Kier alpha value is -2.55. The summed E-state index contributed by atoms with van der Waals surface area (Å²) in [5.41, 5.74) is 11.8. The second kappa shape index (κ2) is 5.09. The third-order valence-corrected chi connectivity index (χ3v) is 4.03. The van der Waals surface area contributed by atoms with Crippen molar-refractivity contribution in [2.24, 2.45) is 7.05 Å². The topological polar surface area (TPSA) is 43.8 Å². The van der Waals surface area contributed by atoms with E-state index in [0.717, 1.165) is 22.6 Å². The molecule has 3 heteroatoms. The number of nitrogens with zero attached hydrogens (tertiary/aromatic N) is 2. The highest BCUT2D eigenvalue weighted by Crippen LogP contribution is 2.32. The van der Waals surface area contributed by atoms with Crippen LogP contribution in [-0.4, -0.2) is 9.55 Å². The van der Waals surface area contributed by atoms with Crippen molar-refractivity contribution < 1.29 is 0 Å². The van der Waals surface area contributed by atoms with E-state index in [1.165, 1.54) is 11.1 Å². The van der Waals surface area contributed by atoms with Crippen LogP contribution < -0.4 is 5.73 Å². The maximum atomic E-state index is 6.29. The zero-order chi connectivity index (χ0) is 15.0. The van der Waals surface area contributed by atoms with Gasteiger partial charge in [0, 0.05) is 18.2 Å². The quantitative estimate of drug-likeness (QED) is 0.770. The van der Waals surface area contributed by atoms with Gasteiger partial charge in [0.05, 0.1) is 0 Å². The summed E-state index contributed by atoms with van der Waals surface area (Å²) in [6, 6.07) is 16.4. The summed E-state index contributed by atoms with van der Waals surface area (Å²) in [6.45, 7) is 4.22. The van der Waals surface area contributed by atoms with Crippen molar-refractivity contribution in [3.05, 3.63) is 59.7 Å². The number of rotatable bonds is 2. The van der Waals surface area contributed by atoms with E-state index in [1.807, 2.05) is 35.9 Å². The Morgan fingerprint density at radius 3 is 2.38 bits per heavy atom. The number of aromatic nitrogens is 2. The highest BCUT2D eigenvalue weighted by molar-refractivity contribution is 5.77. The van der Waals surface area contributed by atoms with Gasteiger partial charge >= 0.3 is 0 Å². The monoisotopic (exact) mass is 277 g/mol. The minimum atomic E-state index is 0.697. The molecule has 2 N–H and O–H groups in total. The molecule has 0 aliphatic rings. The van der Waals surface area contributed by atoms with E-state index in [9.17, 15) is 0 Å². The molecule has 0 spiro atoms. The predicted molar refractivity (Wildman–Crippen MR) is 88.0 cm³/mol. The SMILES string of the molecule is Cc1cccc(-c2nc(-c3ccccc3)n(C)c2N)c1C. The summed E-state index contributed by atoms with van der Waals surface area (Å²) in [7, 11) is 1.96. The molecule has 0 bridgehead atoms. The average molecular weight is 277 g/mol. The molecule has 3 aromatic rings. The molecule has 0 amide bonds. The lowest BCUT2D eigenvalue weighted by atomic mass is 10.0. The molecule has 0 aliphatic heterocycles. The molecule has 1 aromatic heterocycles. The van der Waals surface area contributed by atoms with Crippen molar-refractivity contribution in [1.29, 1.82) is 0 Å². The largest absolute Gasteiger partial charge is 0.383 e. The van der Waals surface area contributed by atoms with Gasteiger partial charge in [0.15, 0.2) is 0 Å². The smallest absolute Gasteiger partial charge is 0.142 e. The molecule has 0 atom stereocenters. The minimum Gasteiger partial charge on any atom is -0.383 e. The number of nitrogen functional groups attached to an aromatic ring is 1. The Morgan fingerprint density at radius 2 is 1.67 bits per heavy atom. The third-order valence-electron chi connectivity index (χ3n) is 4.03. The fourth-order valence-corrected chi connectivity index (χ4v) is 2.56. The van der Waals surface area contributed by atoms with Crippen LogP contribution in [0.3, 0.4) is 0 Å². The lowest BCUT2D eigenvalue weighted by Gasteiger charge is -2.07. The van der Waals surface area contributed by atoms with E-state index in [0.29, 0.717) is 5.82 Å². The molecule has 0 unspecified atom stereocenters. The molecule has 2 aromatic carbocycles. The van der Waals surface area contributed by atoms with E-state index < -0.39 is 0 Å². The van der Waals surface area contributed by atoms with E-state index in [4.69, 9.17) is 10.7 Å². The summed E-state index contributed by atoms with van der Waals surface area (Å²) in [6.07, 6.45) is 0. The lowest BCUT2D eigenvalue weighted by molar-refractivity contribution is 0.937. The van der Waals surface area contributed by atoms with Crippen LogP contribution in [-0.2, 0) is 7.05 Å². The fraction of sp³-hybridized carbons (Fsp3) is 0.167. The Morgan fingerprint density at radius 1 is 0.952 bits per heavy atom. The normalized spacial score (nSPS) is 10.8. The summed E-state index contributed by atoms with van der Waals surface area (Å²) in [5.74, 6) is 1.59. The molecule has 0 fully saturated rings. The molecule has 21 heavy (non-hydrogen) atoms. The first-order valence-electron chi connectivity index (χ1n) is 7.04. The summed E-state index contributed by atoms with van der Waals surface area (Å²) in [4.78, 5) is 4.79. The molecular weight excluding hydrogens is 258 g/mol. The van der Waals surface area contributed by atoms with Gasteiger partial charge in [-0.15, -0.1) is 0 Å². The number of anilines is 1.